The first-order chi connectivity index (χ1) is 8.69. The molecule has 5 nitrogen and oxygen atoms in total. The summed E-state index contributed by atoms with van der Waals surface area (Å²) in [6, 6.07) is 7.64. The molecule has 0 saturated heterocycles. The van der Waals surface area contributed by atoms with Crippen LogP contribution in [0.4, 0.5) is 5.13 Å². The zero-order valence-electron chi connectivity index (χ0n) is 9.71. The Bertz CT molecular complexity index is 537. The summed E-state index contributed by atoms with van der Waals surface area (Å²) in [6.07, 6.45) is 1.35. The third-order valence-electron chi connectivity index (χ3n) is 2.32. The third-order valence-corrected chi connectivity index (χ3v) is 3.26. The van der Waals surface area contributed by atoms with Crippen LogP contribution in [0.5, 0.6) is 5.75 Å². The van der Waals surface area contributed by atoms with E-state index in [2.05, 4.69) is 10.3 Å². The van der Waals surface area contributed by atoms with Crippen molar-refractivity contribution in [3.05, 3.63) is 40.9 Å². The molecular weight excluding hydrogens is 252 g/mol. The Morgan fingerprint density at radius 2 is 2.17 bits per heavy atom. The number of hydrogen-bond donors (Lipinski definition) is 2. The summed E-state index contributed by atoms with van der Waals surface area (Å²) in [7, 11) is 1.62. The number of methoxy groups -OCH3 is 1. The number of aromatic nitrogens is 1. The van der Waals surface area contributed by atoms with E-state index >= 15 is 0 Å². The first-order valence-corrected chi connectivity index (χ1v) is 6.06. The van der Waals surface area contributed by atoms with Gasteiger partial charge in [0.1, 0.15) is 10.6 Å². The van der Waals surface area contributed by atoms with E-state index in [4.69, 9.17) is 9.84 Å². The molecule has 18 heavy (non-hydrogen) atoms. The molecule has 1 aromatic carbocycles. The predicted molar refractivity (Wildman–Crippen MR) is 69.4 cm³/mol. The number of carbonyl (C=O) groups is 1. The second-order valence-corrected chi connectivity index (χ2v) is 4.57. The van der Waals surface area contributed by atoms with Crippen LogP contribution in [-0.2, 0) is 6.54 Å². The molecule has 0 atom stereocenters. The maximum absolute atomic E-state index is 10.7. The molecule has 0 amide bonds. The molecule has 94 valence electrons. The van der Waals surface area contributed by atoms with E-state index in [1.807, 2.05) is 24.3 Å². The molecule has 0 fully saturated rings. The highest BCUT2D eigenvalue weighted by Crippen LogP contribution is 2.19. The average molecular weight is 264 g/mol. The van der Waals surface area contributed by atoms with Crippen molar-refractivity contribution in [2.75, 3.05) is 12.4 Å². The second kappa shape index (κ2) is 5.50. The lowest BCUT2D eigenvalue weighted by molar-refractivity contribution is 0.0702. The summed E-state index contributed by atoms with van der Waals surface area (Å²) in [6.45, 7) is 0.594. The van der Waals surface area contributed by atoms with Crippen LogP contribution in [0.2, 0.25) is 0 Å². The highest BCUT2D eigenvalue weighted by Gasteiger charge is 2.07. The van der Waals surface area contributed by atoms with Crippen LogP contribution in [0.3, 0.4) is 0 Å². The molecule has 2 N–H and O–H groups in total. The standard InChI is InChI=1S/C12H12N2O3S/c1-17-9-4-2-8(3-5-9)6-13-12-14-7-10(18-12)11(15)16/h2-5,7H,6H2,1H3,(H,13,14)(H,15,16). The normalized spacial score (nSPS) is 10.1. The molecule has 0 bridgehead atoms. The number of aromatic carboxylic acids is 1. The summed E-state index contributed by atoms with van der Waals surface area (Å²) < 4.78 is 5.07. The van der Waals surface area contributed by atoms with Gasteiger partial charge in [0.25, 0.3) is 0 Å². The number of nitrogens with one attached hydrogen (secondary N) is 1. The van der Waals surface area contributed by atoms with Crippen molar-refractivity contribution in [2.45, 2.75) is 6.54 Å². The van der Waals surface area contributed by atoms with Crippen LogP contribution in [0.1, 0.15) is 15.2 Å². The van der Waals surface area contributed by atoms with Gasteiger partial charge < -0.3 is 15.2 Å². The molecule has 0 radical (unpaired) electrons. The topological polar surface area (TPSA) is 71.5 Å². The number of ether oxygens (including phenoxy) is 1. The van der Waals surface area contributed by atoms with Gasteiger partial charge in [-0.2, -0.15) is 0 Å². The lowest BCUT2D eigenvalue weighted by atomic mass is 10.2. The fourth-order valence-corrected chi connectivity index (χ4v) is 2.03. The summed E-state index contributed by atoms with van der Waals surface area (Å²) in [4.78, 5) is 14.9. The highest BCUT2D eigenvalue weighted by molar-refractivity contribution is 7.17. The minimum atomic E-state index is -0.954. The quantitative estimate of drug-likeness (QED) is 0.868. The van der Waals surface area contributed by atoms with Gasteiger partial charge in [-0.05, 0) is 17.7 Å². The van der Waals surface area contributed by atoms with Gasteiger partial charge in [-0.1, -0.05) is 23.5 Å². The van der Waals surface area contributed by atoms with E-state index < -0.39 is 5.97 Å². The van der Waals surface area contributed by atoms with Crippen LogP contribution in [0.25, 0.3) is 0 Å². The number of hydrogen-bond acceptors (Lipinski definition) is 5. The largest absolute Gasteiger partial charge is 0.497 e. The second-order valence-electron chi connectivity index (χ2n) is 3.54. The third kappa shape index (κ3) is 2.98. The number of carboxylic acids is 1. The van der Waals surface area contributed by atoms with Crippen LogP contribution in [0.15, 0.2) is 30.5 Å². The Morgan fingerprint density at radius 1 is 1.44 bits per heavy atom. The van der Waals surface area contributed by atoms with Crippen molar-refractivity contribution in [1.82, 2.24) is 4.98 Å². The maximum Gasteiger partial charge on any atom is 0.347 e. The van der Waals surface area contributed by atoms with E-state index in [-0.39, 0.29) is 4.88 Å². The van der Waals surface area contributed by atoms with Crippen molar-refractivity contribution in [1.29, 1.82) is 0 Å². The number of carboxylic acid groups (broad SMARTS) is 1. The smallest absolute Gasteiger partial charge is 0.347 e. The van der Waals surface area contributed by atoms with E-state index in [0.29, 0.717) is 11.7 Å². The van der Waals surface area contributed by atoms with Gasteiger partial charge in [-0.15, -0.1) is 0 Å². The van der Waals surface area contributed by atoms with Crippen molar-refractivity contribution in [3.8, 4) is 5.75 Å². The molecule has 2 rings (SSSR count). The maximum atomic E-state index is 10.7. The van der Waals surface area contributed by atoms with Crippen molar-refractivity contribution >= 4 is 22.4 Å². The molecule has 0 saturated carbocycles. The van der Waals surface area contributed by atoms with Crippen LogP contribution in [-0.4, -0.2) is 23.2 Å². The van der Waals surface area contributed by atoms with Gasteiger partial charge in [0, 0.05) is 6.54 Å². The lowest BCUT2D eigenvalue weighted by Crippen LogP contribution is -1.98. The van der Waals surface area contributed by atoms with Gasteiger partial charge in [-0.3, -0.25) is 0 Å². The Kier molecular flexibility index (Phi) is 3.78. The first-order valence-electron chi connectivity index (χ1n) is 5.25. The number of anilines is 1. The number of nitrogens with zero attached hydrogens (tertiary/aromatic N) is 1. The SMILES string of the molecule is COc1ccc(CNc2ncc(C(=O)O)s2)cc1. The monoisotopic (exact) mass is 264 g/mol. The summed E-state index contributed by atoms with van der Waals surface area (Å²) in [5.74, 6) is -0.147. The number of rotatable bonds is 5. The zero-order valence-corrected chi connectivity index (χ0v) is 10.5. The van der Waals surface area contributed by atoms with Gasteiger partial charge in [-0.25, -0.2) is 9.78 Å². The Hall–Kier alpha value is -2.08. The van der Waals surface area contributed by atoms with E-state index in [9.17, 15) is 4.79 Å². The fraction of sp³-hybridized carbons (Fsp3) is 0.167. The van der Waals surface area contributed by atoms with Crippen LogP contribution in [0, 0.1) is 0 Å². The van der Waals surface area contributed by atoms with Gasteiger partial charge in [0.05, 0.1) is 13.3 Å². The van der Waals surface area contributed by atoms with Crippen molar-refractivity contribution in [2.24, 2.45) is 0 Å². The van der Waals surface area contributed by atoms with Crippen molar-refractivity contribution < 1.29 is 14.6 Å². The van der Waals surface area contributed by atoms with Crippen LogP contribution < -0.4 is 10.1 Å². The molecule has 1 aromatic heterocycles. The van der Waals surface area contributed by atoms with Crippen LogP contribution >= 0.6 is 11.3 Å². The molecule has 1 heterocycles. The Morgan fingerprint density at radius 3 is 2.72 bits per heavy atom. The summed E-state index contributed by atoms with van der Waals surface area (Å²) >= 11 is 1.12. The fourth-order valence-electron chi connectivity index (χ4n) is 1.38. The minimum Gasteiger partial charge on any atom is -0.497 e. The Balaban J connectivity index is 1.95. The Labute approximate surface area is 108 Å². The number of benzene rings is 1. The lowest BCUT2D eigenvalue weighted by Gasteiger charge is -2.04. The van der Waals surface area contributed by atoms with Gasteiger partial charge >= 0.3 is 5.97 Å². The van der Waals surface area contributed by atoms with E-state index in [1.165, 1.54) is 6.20 Å². The van der Waals surface area contributed by atoms with E-state index in [0.717, 1.165) is 22.6 Å². The van der Waals surface area contributed by atoms with Gasteiger partial charge in [0.2, 0.25) is 0 Å². The molecule has 0 aliphatic heterocycles. The molecule has 0 aliphatic carbocycles. The predicted octanol–water partition coefficient (Wildman–Crippen LogP) is 2.46. The summed E-state index contributed by atoms with van der Waals surface area (Å²) in [5.41, 5.74) is 1.07. The summed E-state index contributed by atoms with van der Waals surface area (Å²) in [5, 5.41) is 12.4. The average Bonchev–Trinajstić information content (AvgIpc) is 2.86. The molecule has 2 aromatic rings. The molecule has 0 aliphatic rings. The zero-order chi connectivity index (χ0) is 13.0. The van der Waals surface area contributed by atoms with Gasteiger partial charge in [0.15, 0.2) is 5.13 Å². The van der Waals surface area contributed by atoms with E-state index in [1.54, 1.807) is 7.11 Å². The molecule has 6 heteroatoms. The molecule has 0 spiro atoms. The number of thiazole rings is 1. The van der Waals surface area contributed by atoms with Crippen molar-refractivity contribution in [3.63, 3.8) is 0 Å². The molecule has 0 unspecified atom stereocenters. The highest BCUT2D eigenvalue weighted by atomic mass is 32.1. The molecular formula is C12H12N2O3S. The minimum absolute atomic E-state index is 0.229. The first kappa shape index (κ1) is 12.4.